The smallest absolute Gasteiger partial charge is 0.253 e. The average Bonchev–Trinajstić information content (AvgIpc) is 3.15. The fourth-order valence-electron chi connectivity index (χ4n) is 2.70. The molecule has 4 nitrogen and oxygen atoms in total. The number of carbonyl (C=O) groups excluding carboxylic acids is 1. The molecule has 2 N–H and O–H groups in total. The number of amides is 1. The Hall–Kier alpha value is -1.14. The number of likely N-dealkylation sites (tertiary alicyclic amines) is 1. The van der Waals surface area contributed by atoms with E-state index in [2.05, 4.69) is 4.98 Å². The van der Waals surface area contributed by atoms with Gasteiger partial charge in [-0.2, -0.15) is 0 Å². The van der Waals surface area contributed by atoms with E-state index in [0.717, 1.165) is 41.3 Å². The fraction of sp³-hybridized carbons (Fsp3) is 0.375. The summed E-state index contributed by atoms with van der Waals surface area (Å²) in [5.41, 5.74) is 8.36. The standard InChI is InChI=1S/C16H19N3OS.2ClH/c1-11-18-15(10-21-11)13-3-2-4-14(7-13)16(20)19-6-5-12(8-17)9-19;;/h2-4,7,10,12H,5-6,8-9,17H2,1H3;2*1H. The second-order valence-corrected chi connectivity index (χ2v) is 6.54. The van der Waals surface area contributed by atoms with E-state index >= 15 is 0 Å². The lowest BCUT2D eigenvalue weighted by Gasteiger charge is -2.16. The quantitative estimate of drug-likeness (QED) is 0.896. The number of aryl methyl sites for hydroxylation is 1. The number of benzene rings is 1. The number of hydrogen-bond donors (Lipinski definition) is 1. The molecule has 2 aromatic rings. The van der Waals surface area contributed by atoms with Gasteiger partial charge < -0.3 is 10.6 Å². The summed E-state index contributed by atoms with van der Waals surface area (Å²) in [5.74, 6) is 0.540. The summed E-state index contributed by atoms with van der Waals surface area (Å²) in [6.07, 6.45) is 1.01. The van der Waals surface area contributed by atoms with Crippen LogP contribution in [0.4, 0.5) is 0 Å². The minimum atomic E-state index is 0. The van der Waals surface area contributed by atoms with Gasteiger partial charge in [0.25, 0.3) is 5.91 Å². The van der Waals surface area contributed by atoms with E-state index in [1.807, 2.05) is 41.5 Å². The first-order valence-corrected chi connectivity index (χ1v) is 8.07. The Bertz CT molecular complexity index is 662. The molecular formula is C16H21Cl2N3OS. The predicted molar refractivity (Wildman–Crippen MR) is 99.8 cm³/mol. The van der Waals surface area contributed by atoms with Crippen molar-refractivity contribution in [1.29, 1.82) is 0 Å². The summed E-state index contributed by atoms with van der Waals surface area (Å²) in [6, 6.07) is 7.74. The topological polar surface area (TPSA) is 59.2 Å². The number of thiazole rings is 1. The van der Waals surface area contributed by atoms with Gasteiger partial charge in [0.05, 0.1) is 10.7 Å². The monoisotopic (exact) mass is 373 g/mol. The van der Waals surface area contributed by atoms with E-state index in [1.165, 1.54) is 0 Å². The first-order chi connectivity index (χ1) is 10.2. The van der Waals surface area contributed by atoms with Crippen LogP contribution in [0.3, 0.4) is 0 Å². The Morgan fingerprint density at radius 1 is 1.43 bits per heavy atom. The van der Waals surface area contributed by atoms with Crippen LogP contribution in [-0.4, -0.2) is 35.4 Å². The minimum absolute atomic E-state index is 0. The van der Waals surface area contributed by atoms with E-state index in [4.69, 9.17) is 5.73 Å². The van der Waals surface area contributed by atoms with Gasteiger partial charge in [-0.15, -0.1) is 36.2 Å². The highest BCUT2D eigenvalue weighted by Crippen LogP contribution is 2.24. The number of nitrogens with two attached hydrogens (primary N) is 1. The Labute approximate surface area is 152 Å². The molecule has 1 atom stereocenters. The van der Waals surface area contributed by atoms with E-state index < -0.39 is 0 Å². The SMILES string of the molecule is Cc1nc(-c2cccc(C(=O)N3CCC(CN)C3)c2)cs1.Cl.Cl. The van der Waals surface area contributed by atoms with E-state index in [1.54, 1.807) is 11.3 Å². The zero-order chi connectivity index (χ0) is 14.8. The average molecular weight is 374 g/mol. The van der Waals surface area contributed by atoms with Crippen molar-refractivity contribution in [1.82, 2.24) is 9.88 Å². The Balaban J connectivity index is 0.00000132. The summed E-state index contributed by atoms with van der Waals surface area (Å²) in [4.78, 5) is 19.0. The van der Waals surface area contributed by atoms with Crippen LogP contribution in [0.15, 0.2) is 29.6 Å². The molecule has 1 aliphatic heterocycles. The van der Waals surface area contributed by atoms with Gasteiger partial charge in [-0.25, -0.2) is 4.98 Å². The number of aromatic nitrogens is 1. The third-order valence-corrected chi connectivity index (χ3v) is 4.70. The van der Waals surface area contributed by atoms with Crippen molar-refractivity contribution in [2.45, 2.75) is 13.3 Å². The molecule has 0 saturated carbocycles. The number of carbonyl (C=O) groups is 1. The maximum Gasteiger partial charge on any atom is 0.253 e. The lowest BCUT2D eigenvalue weighted by Crippen LogP contribution is -2.29. The second kappa shape index (κ2) is 8.64. The summed E-state index contributed by atoms with van der Waals surface area (Å²) >= 11 is 1.62. The molecule has 1 unspecified atom stereocenters. The van der Waals surface area contributed by atoms with Crippen molar-refractivity contribution in [3.63, 3.8) is 0 Å². The first kappa shape index (κ1) is 19.9. The van der Waals surface area contributed by atoms with Crippen molar-refractivity contribution >= 4 is 42.1 Å². The number of halogens is 2. The van der Waals surface area contributed by atoms with Crippen molar-refractivity contribution in [2.24, 2.45) is 11.7 Å². The van der Waals surface area contributed by atoms with Crippen LogP contribution in [0.5, 0.6) is 0 Å². The van der Waals surface area contributed by atoms with Gasteiger partial charge in [0.2, 0.25) is 0 Å². The van der Waals surface area contributed by atoms with Crippen LogP contribution in [0.25, 0.3) is 11.3 Å². The molecule has 1 fully saturated rings. The van der Waals surface area contributed by atoms with Crippen molar-refractivity contribution in [3.05, 3.63) is 40.2 Å². The van der Waals surface area contributed by atoms with Crippen LogP contribution >= 0.6 is 36.2 Å². The maximum absolute atomic E-state index is 12.6. The molecule has 23 heavy (non-hydrogen) atoms. The summed E-state index contributed by atoms with van der Waals surface area (Å²) < 4.78 is 0. The van der Waals surface area contributed by atoms with Gasteiger partial charge in [-0.1, -0.05) is 12.1 Å². The molecule has 0 spiro atoms. The van der Waals surface area contributed by atoms with E-state index in [9.17, 15) is 4.79 Å². The molecule has 1 amide bonds. The van der Waals surface area contributed by atoms with Crippen molar-refractivity contribution in [3.8, 4) is 11.3 Å². The number of nitrogens with zero attached hydrogens (tertiary/aromatic N) is 2. The van der Waals surface area contributed by atoms with Crippen LogP contribution in [0.2, 0.25) is 0 Å². The molecule has 1 aliphatic rings. The molecular weight excluding hydrogens is 353 g/mol. The van der Waals surface area contributed by atoms with Gasteiger partial charge in [-0.05, 0) is 37.9 Å². The van der Waals surface area contributed by atoms with Gasteiger partial charge in [0.1, 0.15) is 0 Å². The van der Waals surface area contributed by atoms with Crippen molar-refractivity contribution in [2.75, 3.05) is 19.6 Å². The second-order valence-electron chi connectivity index (χ2n) is 5.47. The molecule has 2 heterocycles. The van der Waals surface area contributed by atoms with Crippen LogP contribution in [0.1, 0.15) is 21.8 Å². The van der Waals surface area contributed by atoms with Crippen LogP contribution in [-0.2, 0) is 0 Å². The predicted octanol–water partition coefficient (Wildman–Crippen LogP) is 3.38. The lowest BCUT2D eigenvalue weighted by molar-refractivity contribution is 0.0787. The molecule has 126 valence electrons. The Morgan fingerprint density at radius 2 is 2.22 bits per heavy atom. The molecule has 1 aromatic heterocycles. The fourth-order valence-corrected chi connectivity index (χ4v) is 3.32. The normalized spacial score (nSPS) is 16.6. The van der Waals surface area contributed by atoms with Gasteiger partial charge >= 0.3 is 0 Å². The first-order valence-electron chi connectivity index (χ1n) is 7.19. The molecule has 1 saturated heterocycles. The van der Waals surface area contributed by atoms with Crippen LogP contribution in [0, 0.1) is 12.8 Å². The summed E-state index contributed by atoms with van der Waals surface area (Å²) in [5, 5.41) is 3.06. The molecule has 1 aromatic carbocycles. The lowest BCUT2D eigenvalue weighted by atomic mass is 10.1. The van der Waals surface area contributed by atoms with Gasteiger partial charge in [0.15, 0.2) is 0 Å². The minimum Gasteiger partial charge on any atom is -0.338 e. The Morgan fingerprint density at radius 3 is 2.83 bits per heavy atom. The molecule has 0 radical (unpaired) electrons. The zero-order valence-electron chi connectivity index (χ0n) is 12.9. The van der Waals surface area contributed by atoms with Crippen LogP contribution < -0.4 is 5.73 Å². The molecule has 0 aliphatic carbocycles. The summed E-state index contributed by atoms with van der Waals surface area (Å²) in [6.45, 7) is 4.22. The van der Waals surface area contributed by atoms with Crippen molar-refractivity contribution < 1.29 is 4.79 Å². The van der Waals surface area contributed by atoms with E-state index in [0.29, 0.717) is 12.5 Å². The Kier molecular flexibility index (Phi) is 7.48. The largest absolute Gasteiger partial charge is 0.338 e. The maximum atomic E-state index is 12.6. The highest BCUT2D eigenvalue weighted by molar-refractivity contribution is 7.09. The summed E-state index contributed by atoms with van der Waals surface area (Å²) in [7, 11) is 0. The highest BCUT2D eigenvalue weighted by atomic mass is 35.5. The van der Waals surface area contributed by atoms with E-state index in [-0.39, 0.29) is 30.7 Å². The number of rotatable bonds is 3. The third-order valence-electron chi connectivity index (χ3n) is 3.93. The molecule has 3 rings (SSSR count). The van der Waals surface area contributed by atoms with Gasteiger partial charge in [0, 0.05) is 29.6 Å². The molecule has 7 heteroatoms. The third kappa shape index (κ3) is 4.44. The zero-order valence-corrected chi connectivity index (χ0v) is 15.3. The van der Waals surface area contributed by atoms with Gasteiger partial charge in [-0.3, -0.25) is 4.79 Å². The number of hydrogen-bond acceptors (Lipinski definition) is 4. The highest BCUT2D eigenvalue weighted by Gasteiger charge is 2.26. The molecule has 0 bridgehead atoms.